The van der Waals surface area contributed by atoms with Crippen molar-refractivity contribution in [2.24, 2.45) is 5.10 Å². The second kappa shape index (κ2) is 9.78. The lowest BCUT2D eigenvalue weighted by Gasteiger charge is -2.23. The van der Waals surface area contributed by atoms with Gasteiger partial charge in [-0.25, -0.2) is 10.2 Å². The number of hydrogen-bond acceptors (Lipinski definition) is 7. The van der Waals surface area contributed by atoms with Crippen LogP contribution in [0.5, 0.6) is 0 Å². The van der Waals surface area contributed by atoms with Gasteiger partial charge in [-0.3, -0.25) is 14.9 Å². The van der Waals surface area contributed by atoms with Crippen LogP contribution in [0.1, 0.15) is 31.2 Å². The van der Waals surface area contributed by atoms with E-state index in [9.17, 15) is 19.7 Å². The van der Waals surface area contributed by atoms with Gasteiger partial charge in [-0.05, 0) is 31.7 Å². The van der Waals surface area contributed by atoms with Crippen LogP contribution in [0.4, 0.5) is 10.5 Å². The van der Waals surface area contributed by atoms with Gasteiger partial charge in [-0.15, -0.1) is 11.3 Å². The van der Waals surface area contributed by atoms with Crippen LogP contribution in [0.2, 0.25) is 0 Å². The van der Waals surface area contributed by atoms with Crippen LogP contribution in [-0.2, 0) is 16.0 Å². The van der Waals surface area contributed by atoms with Gasteiger partial charge in [-0.2, -0.15) is 5.10 Å². The summed E-state index contributed by atoms with van der Waals surface area (Å²) in [5, 5.41) is 18.8. The number of nitrogens with one attached hydrogen (secondary N) is 2. The highest BCUT2D eigenvalue weighted by molar-refractivity contribution is 7.12. The molecule has 0 aliphatic heterocycles. The Bertz CT molecular complexity index is 890. The van der Waals surface area contributed by atoms with Crippen LogP contribution >= 0.6 is 11.3 Å². The smallest absolute Gasteiger partial charge is 0.408 e. The zero-order chi connectivity index (χ0) is 21.4. The Hall–Kier alpha value is -3.27. The fourth-order valence-corrected chi connectivity index (χ4v) is 3.02. The van der Waals surface area contributed by atoms with Crippen LogP contribution in [0.3, 0.4) is 0 Å². The van der Waals surface area contributed by atoms with Gasteiger partial charge in [-0.1, -0.05) is 30.3 Å². The topological polar surface area (TPSA) is 123 Å². The Balaban J connectivity index is 2.08. The van der Waals surface area contributed by atoms with E-state index in [0.717, 1.165) is 16.9 Å². The lowest BCUT2D eigenvalue weighted by atomic mass is 10.1. The number of carbonyl (C=O) groups is 2. The molecule has 9 nitrogen and oxygen atoms in total. The molecule has 0 saturated heterocycles. The van der Waals surface area contributed by atoms with Crippen molar-refractivity contribution in [3.8, 4) is 0 Å². The lowest BCUT2D eigenvalue weighted by molar-refractivity contribution is -0.384. The largest absolute Gasteiger partial charge is 0.444 e. The normalized spacial score (nSPS) is 12.4. The molecule has 1 heterocycles. The average molecular weight is 418 g/mol. The van der Waals surface area contributed by atoms with E-state index in [2.05, 4.69) is 15.8 Å². The van der Waals surface area contributed by atoms with Crippen molar-refractivity contribution in [2.45, 2.75) is 38.8 Å². The number of amides is 2. The van der Waals surface area contributed by atoms with E-state index < -0.39 is 28.6 Å². The van der Waals surface area contributed by atoms with E-state index >= 15 is 0 Å². The maximum atomic E-state index is 12.6. The van der Waals surface area contributed by atoms with E-state index in [1.165, 1.54) is 12.3 Å². The van der Waals surface area contributed by atoms with Crippen LogP contribution in [-0.4, -0.2) is 34.8 Å². The Morgan fingerprint density at radius 3 is 2.59 bits per heavy atom. The van der Waals surface area contributed by atoms with Crippen molar-refractivity contribution in [3.05, 3.63) is 62.3 Å². The van der Waals surface area contributed by atoms with E-state index in [1.807, 2.05) is 30.3 Å². The first-order chi connectivity index (χ1) is 13.7. The molecule has 29 heavy (non-hydrogen) atoms. The van der Waals surface area contributed by atoms with Gasteiger partial charge in [0.1, 0.15) is 16.5 Å². The molecular weight excluding hydrogens is 396 g/mol. The van der Waals surface area contributed by atoms with E-state index in [1.54, 1.807) is 26.2 Å². The number of hydrazone groups is 1. The summed E-state index contributed by atoms with van der Waals surface area (Å²) < 4.78 is 5.22. The molecule has 0 bridgehead atoms. The highest BCUT2D eigenvalue weighted by Gasteiger charge is 2.24. The minimum absolute atomic E-state index is 0.0966. The standard InChI is InChI=1S/C19H22N4O5S/c1-19(2,3)28-18(25)21-14(11-13-7-5-4-6-8-13)17(24)22-20-12-16-15(23(26)27)9-10-29-16/h4-10,12,14H,11H2,1-3H3,(H,21,25)(H,22,24)/b20-12+. The summed E-state index contributed by atoms with van der Waals surface area (Å²) in [6, 6.07) is 9.57. The molecule has 2 N–H and O–H groups in total. The summed E-state index contributed by atoms with van der Waals surface area (Å²) in [5.41, 5.74) is 2.34. The second-order valence-corrected chi connectivity index (χ2v) is 8.00. The number of rotatable bonds is 7. The quantitative estimate of drug-likeness (QED) is 0.406. The number of benzene rings is 1. The molecule has 1 atom stereocenters. The second-order valence-electron chi connectivity index (χ2n) is 7.05. The highest BCUT2D eigenvalue weighted by Crippen LogP contribution is 2.22. The molecule has 0 radical (unpaired) electrons. The molecular formula is C19H22N4O5S. The molecule has 1 aromatic carbocycles. The number of hydrogen-bond donors (Lipinski definition) is 2. The fraction of sp³-hybridized carbons (Fsp3) is 0.316. The molecule has 2 amide bonds. The Morgan fingerprint density at radius 1 is 1.28 bits per heavy atom. The van der Waals surface area contributed by atoms with Gasteiger partial charge < -0.3 is 10.1 Å². The number of nitro groups is 1. The minimum atomic E-state index is -0.942. The zero-order valence-electron chi connectivity index (χ0n) is 16.2. The third-order valence-electron chi connectivity index (χ3n) is 3.52. The molecule has 2 rings (SSSR count). The van der Waals surface area contributed by atoms with Crippen molar-refractivity contribution in [1.82, 2.24) is 10.7 Å². The number of alkyl carbamates (subject to hydrolysis) is 1. The first kappa shape index (κ1) is 22.0. The monoisotopic (exact) mass is 418 g/mol. The molecule has 2 aromatic rings. The summed E-state index contributed by atoms with van der Waals surface area (Å²) >= 11 is 1.13. The number of ether oxygens (including phenoxy) is 1. The van der Waals surface area contributed by atoms with E-state index in [4.69, 9.17) is 4.74 Å². The molecule has 10 heteroatoms. The van der Waals surface area contributed by atoms with E-state index in [0.29, 0.717) is 4.88 Å². The van der Waals surface area contributed by atoms with Crippen LogP contribution < -0.4 is 10.7 Å². The van der Waals surface area contributed by atoms with Crippen molar-refractivity contribution in [2.75, 3.05) is 0 Å². The maximum Gasteiger partial charge on any atom is 0.408 e. The molecule has 1 unspecified atom stereocenters. The SMILES string of the molecule is CC(C)(C)OC(=O)NC(Cc1ccccc1)C(=O)N/N=C/c1sccc1[N+](=O)[O-]. The van der Waals surface area contributed by atoms with Gasteiger partial charge in [0.15, 0.2) is 0 Å². The molecule has 0 aliphatic rings. The molecule has 0 saturated carbocycles. The zero-order valence-corrected chi connectivity index (χ0v) is 17.1. The van der Waals surface area contributed by atoms with Crippen molar-refractivity contribution in [3.63, 3.8) is 0 Å². The third kappa shape index (κ3) is 7.34. The number of nitrogens with zero attached hydrogens (tertiary/aromatic N) is 2. The van der Waals surface area contributed by atoms with Crippen molar-refractivity contribution < 1.29 is 19.2 Å². The first-order valence-electron chi connectivity index (χ1n) is 8.74. The fourth-order valence-electron chi connectivity index (χ4n) is 2.30. The summed E-state index contributed by atoms with van der Waals surface area (Å²) in [4.78, 5) is 35.4. The molecule has 0 fully saturated rings. The van der Waals surface area contributed by atoms with Crippen molar-refractivity contribution in [1.29, 1.82) is 0 Å². The summed E-state index contributed by atoms with van der Waals surface area (Å²) in [6.07, 6.45) is 0.695. The third-order valence-corrected chi connectivity index (χ3v) is 4.36. The van der Waals surface area contributed by atoms with Gasteiger partial charge in [0, 0.05) is 12.5 Å². The Morgan fingerprint density at radius 2 is 1.97 bits per heavy atom. The highest BCUT2D eigenvalue weighted by atomic mass is 32.1. The average Bonchev–Trinajstić information content (AvgIpc) is 3.09. The lowest BCUT2D eigenvalue weighted by Crippen LogP contribution is -2.48. The minimum Gasteiger partial charge on any atom is -0.444 e. The first-order valence-corrected chi connectivity index (χ1v) is 9.62. The Kier molecular flexibility index (Phi) is 7.43. The predicted octanol–water partition coefficient (Wildman–Crippen LogP) is 3.24. The molecule has 0 spiro atoms. The van der Waals surface area contributed by atoms with Crippen LogP contribution in [0.15, 0.2) is 46.9 Å². The van der Waals surface area contributed by atoms with Gasteiger partial charge in [0.25, 0.3) is 11.6 Å². The van der Waals surface area contributed by atoms with Crippen LogP contribution in [0, 0.1) is 10.1 Å². The van der Waals surface area contributed by atoms with Crippen LogP contribution in [0.25, 0.3) is 0 Å². The Labute approximate surface area is 171 Å². The van der Waals surface area contributed by atoms with E-state index in [-0.39, 0.29) is 12.1 Å². The number of carbonyl (C=O) groups excluding carboxylic acids is 2. The molecule has 1 aromatic heterocycles. The summed E-state index contributed by atoms with van der Waals surface area (Å²) in [7, 11) is 0. The number of thiophene rings is 1. The molecule has 0 aliphatic carbocycles. The molecule has 154 valence electrons. The van der Waals surface area contributed by atoms with Gasteiger partial charge in [0.2, 0.25) is 0 Å². The predicted molar refractivity (Wildman–Crippen MR) is 110 cm³/mol. The summed E-state index contributed by atoms with van der Waals surface area (Å²) in [6.45, 7) is 5.16. The summed E-state index contributed by atoms with van der Waals surface area (Å²) in [5.74, 6) is -0.574. The van der Waals surface area contributed by atoms with Gasteiger partial charge in [0.05, 0.1) is 11.1 Å². The van der Waals surface area contributed by atoms with Crippen molar-refractivity contribution >= 4 is 35.2 Å². The van der Waals surface area contributed by atoms with Gasteiger partial charge >= 0.3 is 6.09 Å². The maximum absolute atomic E-state index is 12.6.